The third kappa shape index (κ3) is 4.89. The number of halogens is 1. The van der Waals surface area contributed by atoms with Gasteiger partial charge in [-0.3, -0.25) is 19.3 Å². The van der Waals surface area contributed by atoms with Crippen molar-refractivity contribution >= 4 is 45.1 Å². The number of hydrogen-bond acceptors (Lipinski definition) is 4. The minimum atomic E-state index is -0.682. The molecular weight excluding hydrogens is 472 g/mol. The molecule has 32 heavy (non-hydrogen) atoms. The monoisotopic (exact) mass is 492 g/mol. The van der Waals surface area contributed by atoms with Crippen molar-refractivity contribution in [2.24, 2.45) is 0 Å². The third-order valence-corrected chi connectivity index (χ3v) is 5.71. The third-order valence-electron chi connectivity index (χ3n) is 5.21. The van der Waals surface area contributed by atoms with Crippen LogP contribution in [0.3, 0.4) is 0 Å². The lowest BCUT2D eigenvalue weighted by atomic mass is 10.0. The van der Waals surface area contributed by atoms with Gasteiger partial charge in [0.2, 0.25) is 0 Å². The van der Waals surface area contributed by atoms with Crippen molar-refractivity contribution in [3.05, 3.63) is 94.0 Å². The van der Waals surface area contributed by atoms with Crippen molar-refractivity contribution in [2.75, 3.05) is 18.1 Å². The van der Waals surface area contributed by atoms with E-state index in [9.17, 15) is 14.4 Å². The summed E-state index contributed by atoms with van der Waals surface area (Å²) in [5, 5.41) is 2.51. The molecule has 6 nitrogen and oxygen atoms in total. The molecule has 0 spiro atoms. The second-order valence-electron chi connectivity index (χ2n) is 7.34. The minimum absolute atomic E-state index is 0.328. The van der Waals surface area contributed by atoms with Gasteiger partial charge in [0.25, 0.3) is 11.8 Å². The van der Waals surface area contributed by atoms with Crippen LogP contribution in [0.2, 0.25) is 0 Å². The molecule has 0 saturated heterocycles. The van der Waals surface area contributed by atoms with Gasteiger partial charge in [-0.2, -0.15) is 0 Å². The van der Waals surface area contributed by atoms with E-state index in [2.05, 4.69) is 21.2 Å². The number of esters is 1. The first-order chi connectivity index (χ1) is 15.5. The average Bonchev–Trinajstić information content (AvgIpc) is 2.98. The molecule has 1 heterocycles. The second kappa shape index (κ2) is 9.78. The van der Waals surface area contributed by atoms with Gasteiger partial charge in [-0.1, -0.05) is 58.4 Å². The summed E-state index contributed by atoms with van der Waals surface area (Å²) in [5.41, 5.74) is 4.12. The molecule has 1 N–H and O–H groups in total. The van der Waals surface area contributed by atoms with Crippen molar-refractivity contribution in [1.29, 1.82) is 0 Å². The van der Waals surface area contributed by atoms with Crippen molar-refractivity contribution in [1.82, 2.24) is 5.32 Å². The van der Waals surface area contributed by atoms with Crippen LogP contribution in [0.25, 0.3) is 0 Å². The summed E-state index contributed by atoms with van der Waals surface area (Å²) in [6.07, 6.45) is 1.64. The highest BCUT2D eigenvalue weighted by Gasteiger charge is 2.26. The number of aryl methyl sites for hydroxylation is 2. The Morgan fingerprint density at radius 1 is 0.875 bits per heavy atom. The van der Waals surface area contributed by atoms with Crippen molar-refractivity contribution in [3.8, 4) is 0 Å². The second-order valence-corrected chi connectivity index (χ2v) is 8.26. The molecule has 1 aliphatic heterocycles. The van der Waals surface area contributed by atoms with E-state index in [1.807, 2.05) is 48.5 Å². The van der Waals surface area contributed by atoms with Gasteiger partial charge < -0.3 is 10.1 Å². The highest BCUT2D eigenvalue weighted by atomic mass is 79.9. The van der Waals surface area contributed by atoms with Crippen LogP contribution < -0.4 is 10.2 Å². The summed E-state index contributed by atoms with van der Waals surface area (Å²) in [4.78, 5) is 39.1. The fourth-order valence-electron chi connectivity index (χ4n) is 3.69. The van der Waals surface area contributed by atoms with Crippen LogP contribution in [0.1, 0.15) is 21.5 Å². The largest absolute Gasteiger partial charge is 0.454 e. The zero-order valence-corrected chi connectivity index (χ0v) is 18.8. The Labute approximate surface area is 194 Å². The summed E-state index contributed by atoms with van der Waals surface area (Å²) in [6.45, 7) is -0.750. The lowest BCUT2D eigenvalue weighted by Crippen LogP contribution is -2.35. The first kappa shape index (κ1) is 21.8. The number of carbonyl (C=O) groups excluding carboxylic acids is 3. The number of carbonyl (C=O) groups is 3. The first-order valence-electron chi connectivity index (χ1n) is 10.2. The summed E-state index contributed by atoms with van der Waals surface area (Å²) < 4.78 is 5.94. The molecular formula is C25H21BrN2O4. The lowest BCUT2D eigenvalue weighted by Gasteiger charge is -2.24. The fourth-order valence-corrected chi connectivity index (χ4v) is 4.09. The van der Waals surface area contributed by atoms with Crippen LogP contribution in [0.5, 0.6) is 0 Å². The van der Waals surface area contributed by atoms with Gasteiger partial charge in [0.05, 0.1) is 11.4 Å². The van der Waals surface area contributed by atoms with Crippen molar-refractivity contribution in [2.45, 2.75) is 12.8 Å². The van der Waals surface area contributed by atoms with Gasteiger partial charge in [-0.15, -0.1) is 0 Å². The molecule has 0 radical (unpaired) electrons. The Hall–Kier alpha value is -3.45. The van der Waals surface area contributed by atoms with Crippen LogP contribution in [-0.4, -0.2) is 30.9 Å². The smallest absolute Gasteiger partial charge is 0.325 e. The van der Waals surface area contributed by atoms with Crippen LogP contribution in [0.15, 0.2) is 77.3 Å². The van der Waals surface area contributed by atoms with E-state index >= 15 is 0 Å². The van der Waals surface area contributed by atoms with Crippen molar-refractivity contribution < 1.29 is 19.1 Å². The standard InChI is InChI=1S/C25H21BrN2O4/c26-20-9-5-8-19(14-20)25(31)27-15-24(30)32-16-23(29)28-21-10-3-1-6-17(21)12-13-18-7-2-4-11-22(18)28/h1-11,14H,12-13,15-16H2,(H,27,31). The van der Waals surface area contributed by atoms with Crippen LogP contribution in [0, 0.1) is 0 Å². The highest BCUT2D eigenvalue weighted by Crippen LogP contribution is 2.35. The Bertz CT molecular complexity index is 1130. The maximum atomic E-state index is 13.1. The zero-order valence-electron chi connectivity index (χ0n) is 17.2. The number of ether oxygens (including phenoxy) is 1. The molecule has 4 rings (SSSR count). The number of hydrogen-bond donors (Lipinski definition) is 1. The van der Waals surface area contributed by atoms with Gasteiger partial charge in [0.1, 0.15) is 6.54 Å². The lowest BCUT2D eigenvalue weighted by molar-refractivity contribution is -0.146. The summed E-state index contributed by atoms with van der Waals surface area (Å²) >= 11 is 3.30. The number of nitrogens with one attached hydrogen (secondary N) is 1. The minimum Gasteiger partial charge on any atom is -0.454 e. The molecule has 0 fully saturated rings. The molecule has 0 aliphatic carbocycles. The summed E-state index contributed by atoms with van der Waals surface area (Å²) in [7, 11) is 0. The number of benzene rings is 3. The van der Waals surface area contributed by atoms with Crippen LogP contribution >= 0.6 is 15.9 Å². The maximum absolute atomic E-state index is 13.1. The zero-order chi connectivity index (χ0) is 22.5. The number of fused-ring (bicyclic) bond motifs is 2. The number of para-hydroxylation sites is 2. The molecule has 0 saturated carbocycles. The Morgan fingerprint density at radius 2 is 1.50 bits per heavy atom. The first-order valence-corrected chi connectivity index (χ1v) is 11.0. The van der Waals surface area contributed by atoms with Gasteiger partial charge >= 0.3 is 5.97 Å². The maximum Gasteiger partial charge on any atom is 0.325 e. The Balaban J connectivity index is 1.42. The van der Waals surface area contributed by atoms with E-state index in [0.717, 1.165) is 39.8 Å². The molecule has 162 valence electrons. The molecule has 0 bridgehead atoms. The average molecular weight is 493 g/mol. The molecule has 3 aromatic rings. The molecule has 0 aromatic heterocycles. The Kier molecular flexibility index (Phi) is 6.66. The van der Waals surface area contributed by atoms with Crippen molar-refractivity contribution in [3.63, 3.8) is 0 Å². The van der Waals surface area contributed by atoms with E-state index in [1.165, 1.54) is 0 Å². The fraction of sp³-hybridized carbons (Fsp3) is 0.160. The summed E-state index contributed by atoms with van der Waals surface area (Å²) in [5.74, 6) is -1.43. The molecule has 1 aliphatic rings. The van der Waals surface area contributed by atoms with Gasteiger partial charge in [0.15, 0.2) is 6.61 Å². The normalized spacial score (nSPS) is 12.2. The molecule has 2 amide bonds. The highest BCUT2D eigenvalue weighted by molar-refractivity contribution is 9.10. The van der Waals surface area contributed by atoms with E-state index in [4.69, 9.17) is 4.74 Å². The number of nitrogens with zero attached hydrogens (tertiary/aromatic N) is 1. The molecule has 0 atom stereocenters. The van der Waals surface area contributed by atoms with Gasteiger partial charge in [-0.25, -0.2) is 0 Å². The summed E-state index contributed by atoms with van der Waals surface area (Å²) in [6, 6.07) is 22.3. The van der Waals surface area contributed by atoms with E-state index in [0.29, 0.717) is 5.56 Å². The number of anilines is 2. The van der Waals surface area contributed by atoms with E-state index in [-0.39, 0.29) is 12.5 Å². The topological polar surface area (TPSA) is 75.7 Å². The molecule has 0 unspecified atom stereocenters. The predicted octanol–water partition coefficient (Wildman–Crippen LogP) is 4.19. The van der Waals surface area contributed by atoms with Crippen LogP contribution in [-0.2, 0) is 27.2 Å². The Morgan fingerprint density at radius 3 is 2.12 bits per heavy atom. The van der Waals surface area contributed by atoms with E-state index in [1.54, 1.807) is 29.2 Å². The molecule has 3 aromatic carbocycles. The molecule has 7 heteroatoms. The van der Waals surface area contributed by atoms with Crippen LogP contribution in [0.4, 0.5) is 11.4 Å². The quantitative estimate of drug-likeness (QED) is 0.541. The van der Waals surface area contributed by atoms with E-state index < -0.39 is 18.5 Å². The van der Waals surface area contributed by atoms with Gasteiger partial charge in [0, 0.05) is 10.0 Å². The number of amides is 2. The number of rotatable bonds is 5. The SMILES string of the molecule is O=C(CNC(=O)c1cccc(Br)c1)OCC(=O)N1c2ccccc2CCc2ccccc21. The van der Waals surface area contributed by atoms with Gasteiger partial charge in [-0.05, 0) is 54.3 Å². The predicted molar refractivity (Wildman–Crippen MR) is 125 cm³/mol.